The van der Waals surface area contributed by atoms with Gasteiger partial charge in [0.2, 0.25) is 23.7 Å². The summed E-state index contributed by atoms with van der Waals surface area (Å²) in [5.41, 5.74) is 2.47. The number of piperidine rings is 1. The van der Waals surface area contributed by atoms with E-state index in [1.807, 2.05) is 24.5 Å². The summed E-state index contributed by atoms with van der Waals surface area (Å²) in [7, 11) is 0. The van der Waals surface area contributed by atoms with Crippen LogP contribution < -0.4 is 10.6 Å². The molecule has 2 aromatic carbocycles. The van der Waals surface area contributed by atoms with Crippen molar-refractivity contribution in [2.45, 2.75) is 57.1 Å². The topological polar surface area (TPSA) is 213 Å². The number of hydrogen-bond donors (Lipinski definition) is 2. The molecule has 1 unspecified atom stereocenters. The minimum absolute atomic E-state index is 0.0221. The summed E-state index contributed by atoms with van der Waals surface area (Å²) in [5.74, 6) is -1.74. The number of imide groups is 2. The fourth-order valence-corrected chi connectivity index (χ4v) is 9.47. The fourth-order valence-electron chi connectivity index (χ4n) is 8.53. The number of amides is 5. The Morgan fingerprint density at radius 1 is 0.857 bits per heavy atom. The molecule has 0 radical (unpaired) electrons. The summed E-state index contributed by atoms with van der Waals surface area (Å²) in [6.45, 7) is 11.2. The largest absolute Gasteiger partial charge is 0.378 e. The lowest BCUT2D eigenvalue weighted by atomic mass is 10.0. The van der Waals surface area contributed by atoms with Gasteiger partial charge < -0.3 is 33.7 Å². The number of carbonyl (C=O) groups is 5. The van der Waals surface area contributed by atoms with E-state index in [1.54, 1.807) is 48.4 Å². The standard InChI is InChI=1S/C48H54F2N10O9S/c1-29(2)59-30(3)53-44-34(49)23-32(24-37(44)59)43-35(50)26-52-48(56-43)54-39-9-7-31(25-51-39)27-57-11-13-58(14-12-57)41(62)28-69-20-19-67-16-15-66-17-18-68-21-22-70-38-6-4-5-33-42(38)47(65)60(46(33)64)36-8-10-40(61)55-45(36)63/h4-7,9,23-26,29,36H,8,10-22,27-28H2,1-3H3,(H,55,61,63)(H,51,52,54,56). The average Bonchev–Trinajstić information content (AvgIpc) is 3.82. The van der Waals surface area contributed by atoms with Crippen molar-refractivity contribution in [1.29, 1.82) is 0 Å². The summed E-state index contributed by atoms with van der Waals surface area (Å²) < 4.78 is 54.4. The molecule has 5 amide bonds. The van der Waals surface area contributed by atoms with E-state index < -0.39 is 41.3 Å². The van der Waals surface area contributed by atoms with Gasteiger partial charge in [-0.3, -0.25) is 39.1 Å². The van der Waals surface area contributed by atoms with Crippen LogP contribution >= 0.6 is 11.8 Å². The Labute approximate surface area is 406 Å². The van der Waals surface area contributed by atoms with Gasteiger partial charge in [-0.05, 0) is 63.1 Å². The van der Waals surface area contributed by atoms with E-state index in [0.717, 1.165) is 16.7 Å². The maximum Gasteiger partial charge on any atom is 0.263 e. The number of hydrogen-bond acceptors (Lipinski definition) is 16. The lowest BCUT2D eigenvalue weighted by Gasteiger charge is -2.34. The van der Waals surface area contributed by atoms with Crippen molar-refractivity contribution in [3.8, 4) is 11.3 Å². The van der Waals surface area contributed by atoms with E-state index in [4.69, 9.17) is 18.9 Å². The van der Waals surface area contributed by atoms with Crippen molar-refractivity contribution in [3.05, 3.63) is 89.0 Å². The number of rotatable bonds is 22. The van der Waals surface area contributed by atoms with Gasteiger partial charge in [0.1, 0.15) is 35.5 Å². The molecular weight excluding hydrogens is 931 g/mol. The molecule has 19 nitrogen and oxygen atoms in total. The highest BCUT2D eigenvalue weighted by molar-refractivity contribution is 7.99. The highest BCUT2D eigenvalue weighted by Crippen LogP contribution is 2.35. The zero-order valence-corrected chi connectivity index (χ0v) is 39.9. The van der Waals surface area contributed by atoms with Gasteiger partial charge in [-0.15, -0.1) is 11.8 Å². The highest BCUT2D eigenvalue weighted by atomic mass is 32.2. The van der Waals surface area contributed by atoms with E-state index in [2.05, 4.69) is 35.5 Å². The third-order valence-electron chi connectivity index (χ3n) is 11.9. The second-order valence-corrected chi connectivity index (χ2v) is 18.2. The predicted molar refractivity (Wildman–Crippen MR) is 252 cm³/mol. The molecule has 0 bridgehead atoms. The number of carbonyl (C=O) groups excluding carboxylic acids is 5. The molecular formula is C48H54F2N10O9S. The van der Waals surface area contributed by atoms with Gasteiger partial charge in [0.15, 0.2) is 11.6 Å². The molecule has 0 saturated carbocycles. The molecule has 3 aliphatic rings. The number of halogens is 2. The van der Waals surface area contributed by atoms with Crippen LogP contribution in [0.1, 0.15) is 64.8 Å². The zero-order chi connectivity index (χ0) is 49.3. The van der Waals surface area contributed by atoms with E-state index in [-0.39, 0.29) is 71.9 Å². The number of thioether (sulfide) groups is 1. The second-order valence-electron chi connectivity index (χ2n) is 17.0. The van der Waals surface area contributed by atoms with E-state index >= 15 is 8.78 Å². The molecule has 0 spiro atoms. The molecule has 1 atom stereocenters. The van der Waals surface area contributed by atoms with Crippen molar-refractivity contribution in [3.63, 3.8) is 0 Å². The number of nitrogens with zero attached hydrogens (tertiary/aromatic N) is 8. The number of anilines is 2. The number of imidazole rings is 1. The maximum atomic E-state index is 15.1. The number of piperazine rings is 1. The molecule has 3 aliphatic heterocycles. The van der Waals surface area contributed by atoms with Gasteiger partial charge in [0.05, 0.1) is 69.1 Å². The fraction of sp³-hybridized carbons (Fsp3) is 0.438. The predicted octanol–water partition coefficient (Wildman–Crippen LogP) is 4.70. The van der Waals surface area contributed by atoms with Gasteiger partial charge in [-0.25, -0.2) is 28.7 Å². The Bertz CT molecular complexity index is 2740. The Hall–Kier alpha value is -6.30. The number of pyridine rings is 1. The second kappa shape index (κ2) is 23.1. The van der Waals surface area contributed by atoms with Crippen LogP contribution in [-0.4, -0.2) is 160 Å². The van der Waals surface area contributed by atoms with Gasteiger partial charge in [0.25, 0.3) is 11.8 Å². The van der Waals surface area contributed by atoms with Crippen molar-refractivity contribution in [1.82, 2.24) is 44.5 Å². The Balaban J connectivity index is 0.655. The average molecular weight is 985 g/mol. The van der Waals surface area contributed by atoms with E-state index in [0.29, 0.717) is 100 Å². The summed E-state index contributed by atoms with van der Waals surface area (Å²) in [4.78, 5) is 85.9. The molecule has 8 rings (SSSR count). The van der Waals surface area contributed by atoms with Crippen LogP contribution in [-0.2, 0) is 39.9 Å². The zero-order valence-electron chi connectivity index (χ0n) is 39.1. The summed E-state index contributed by atoms with van der Waals surface area (Å²) >= 11 is 1.38. The molecule has 5 aromatic rings. The number of aryl methyl sites for hydroxylation is 1. The van der Waals surface area contributed by atoms with Crippen molar-refractivity contribution in [2.75, 3.05) is 90.1 Å². The number of ether oxygens (including phenoxy) is 4. The van der Waals surface area contributed by atoms with Crippen LogP contribution in [0.5, 0.6) is 0 Å². The van der Waals surface area contributed by atoms with Crippen LogP contribution in [0.15, 0.2) is 59.8 Å². The molecule has 0 aliphatic carbocycles. The van der Waals surface area contributed by atoms with Gasteiger partial charge in [-0.1, -0.05) is 12.1 Å². The van der Waals surface area contributed by atoms with Crippen molar-refractivity contribution < 1.29 is 51.7 Å². The molecule has 22 heteroatoms. The molecule has 2 fully saturated rings. The van der Waals surface area contributed by atoms with Crippen LogP contribution in [0, 0.1) is 18.6 Å². The normalized spacial score (nSPS) is 16.5. The van der Waals surface area contributed by atoms with E-state index in [9.17, 15) is 24.0 Å². The number of nitrogens with one attached hydrogen (secondary N) is 2. The van der Waals surface area contributed by atoms with Crippen molar-refractivity contribution >= 4 is 64.1 Å². The lowest BCUT2D eigenvalue weighted by Crippen LogP contribution is -2.54. The lowest BCUT2D eigenvalue weighted by molar-refractivity contribution is -0.138. The Kier molecular flexibility index (Phi) is 16.5. The minimum atomic E-state index is -1.01. The molecule has 70 heavy (non-hydrogen) atoms. The summed E-state index contributed by atoms with van der Waals surface area (Å²) in [5, 5.41) is 5.22. The van der Waals surface area contributed by atoms with Crippen LogP contribution in [0.3, 0.4) is 0 Å². The molecule has 2 saturated heterocycles. The Morgan fingerprint density at radius 2 is 1.59 bits per heavy atom. The number of aromatic nitrogens is 5. The molecule has 370 valence electrons. The first kappa shape index (κ1) is 50.1. The van der Waals surface area contributed by atoms with Crippen LogP contribution in [0.2, 0.25) is 0 Å². The van der Waals surface area contributed by atoms with Gasteiger partial charge in [0, 0.05) is 67.6 Å². The third kappa shape index (κ3) is 11.8. The molecule has 3 aromatic heterocycles. The quantitative estimate of drug-likeness (QED) is 0.0547. The van der Waals surface area contributed by atoms with Gasteiger partial charge in [-0.2, -0.15) is 0 Å². The summed E-state index contributed by atoms with van der Waals surface area (Å²) in [6.07, 6.45) is 2.94. The first-order chi connectivity index (χ1) is 33.9. The summed E-state index contributed by atoms with van der Waals surface area (Å²) in [6, 6.07) is 10.7. The van der Waals surface area contributed by atoms with Crippen molar-refractivity contribution in [2.24, 2.45) is 0 Å². The van der Waals surface area contributed by atoms with Gasteiger partial charge >= 0.3 is 0 Å². The molecule has 2 N–H and O–H groups in total. The minimum Gasteiger partial charge on any atom is -0.378 e. The number of fused-ring (bicyclic) bond motifs is 2. The highest BCUT2D eigenvalue weighted by Gasteiger charge is 2.45. The first-order valence-electron chi connectivity index (χ1n) is 23.1. The maximum absolute atomic E-state index is 15.1. The van der Waals surface area contributed by atoms with Crippen LogP contribution in [0.4, 0.5) is 20.5 Å². The third-order valence-corrected chi connectivity index (χ3v) is 12.9. The van der Waals surface area contributed by atoms with Crippen LogP contribution in [0.25, 0.3) is 22.3 Å². The van der Waals surface area contributed by atoms with E-state index in [1.165, 1.54) is 17.8 Å². The Morgan fingerprint density at radius 3 is 2.29 bits per heavy atom. The molecule has 6 heterocycles. The number of benzene rings is 2. The smallest absolute Gasteiger partial charge is 0.263 e. The monoisotopic (exact) mass is 984 g/mol. The first-order valence-corrected chi connectivity index (χ1v) is 24.1. The SMILES string of the molecule is Cc1nc2c(F)cc(-c3nc(Nc4ccc(CN5CCN(C(=O)COCCOCCOCCOCCSc6cccc7c6C(=O)N(C6CCC(=O)NC6=O)C7=O)CC5)cn4)ncc3F)cc2n1C(C)C.